The number of anilines is 1. The fourth-order valence-corrected chi connectivity index (χ4v) is 0.734. The van der Waals surface area contributed by atoms with Gasteiger partial charge in [0.05, 0.1) is 7.11 Å². The topological polar surface area (TPSA) is 83.1 Å². The fraction of sp³-hybridized carbons (Fsp3) is 0.571. The molecule has 7 nitrogen and oxygen atoms in total. The van der Waals surface area contributed by atoms with Crippen molar-refractivity contribution >= 4 is 12.0 Å². The van der Waals surface area contributed by atoms with E-state index in [2.05, 4.69) is 20.5 Å². The van der Waals surface area contributed by atoms with E-state index in [1.54, 1.807) is 7.05 Å². The lowest BCUT2D eigenvalue weighted by atomic mass is 10.6. The Morgan fingerprint density at radius 2 is 2.43 bits per heavy atom. The van der Waals surface area contributed by atoms with Crippen LogP contribution in [0.25, 0.3) is 0 Å². The molecule has 1 aromatic rings. The number of methoxy groups -OCH3 is 1. The maximum atomic E-state index is 11.3. The minimum absolute atomic E-state index is 0.194. The van der Waals surface area contributed by atoms with Crippen molar-refractivity contribution < 1.29 is 9.53 Å². The van der Waals surface area contributed by atoms with Crippen LogP contribution in [0.15, 0.2) is 0 Å². The smallest absolute Gasteiger partial charge is 0.336 e. The number of rotatable bonds is 3. The lowest BCUT2D eigenvalue weighted by molar-refractivity contribution is 0.224. The van der Waals surface area contributed by atoms with E-state index in [4.69, 9.17) is 4.74 Å². The number of carbonyl (C=O) groups excluding carboxylic acids is 1. The van der Waals surface area contributed by atoms with Gasteiger partial charge in [-0.1, -0.05) is 0 Å². The summed E-state index contributed by atoms with van der Waals surface area (Å²) in [4.78, 5) is 16.7. The molecule has 1 rings (SSSR count). The second-order valence-electron chi connectivity index (χ2n) is 2.62. The third kappa shape index (κ3) is 2.35. The molecule has 0 saturated heterocycles. The lowest BCUT2D eigenvalue weighted by Gasteiger charge is -2.13. The molecule has 0 aromatic carbocycles. The number of ether oxygens (including phenoxy) is 1. The number of hydrogen-bond donors (Lipinski definition) is 2. The Kier molecular flexibility index (Phi) is 3.27. The van der Waals surface area contributed by atoms with Gasteiger partial charge in [-0.25, -0.2) is 9.89 Å². The number of hydrogen-bond acceptors (Lipinski definition) is 4. The number of urea groups is 1. The molecule has 0 aliphatic heterocycles. The van der Waals surface area contributed by atoms with Crippen molar-refractivity contribution in [2.75, 3.05) is 26.0 Å². The molecule has 2 amide bonds. The van der Waals surface area contributed by atoms with E-state index >= 15 is 0 Å². The average Bonchev–Trinajstić information content (AvgIpc) is 2.64. The van der Waals surface area contributed by atoms with Crippen LogP contribution in [0.5, 0.6) is 6.01 Å². The van der Waals surface area contributed by atoms with Crippen molar-refractivity contribution in [3.8, 4) is 6.01 Å². The molecule has 1 heterocycles. The summed E-state index contributed by atoms with van der Waals surface area (Å²) in [6.07, 6.45) is 0. The van der Waals surface area contributed by atoms with Crippen LogP contribution in [0.3, 0.4) is 0 Å². The van der Waals surface area contributed by atoms with Gasteiger partial charge in [-0.3, -0.25) is 5.32 Å². The van der Waals surface area contributed by atoms with E-state index in [1.807, 2.05) is 6.92 Å². The van der Waals surface area contributed by atoms with Crippen molar-refractivity contribution in [2.24, 2.45) is 0 Å². The SMILES string of the molecule is CCN(C)C(=O)Nc1nc(OC)n[nH]1. The van der Waals surface area contributed by atoms with Crippen molar-refractivity contribution in [1.82, 2.24) is 20.1 Å². The maximum Gasteiger partial charge on any atom is 0.336 e. The summed E-state index contributed by atoms with van der Waals surface area (Å²) < 4.78 is 4.74. The van der Waals surface area contributed by atoms with Crippen molar-refractivity contribution in [1.29, 1.82) is 0 Å². The van der Waals surface area contributed by atoms with Crippen LogP contribution >= 0.6 is 0 Å². The molecule has 0 aliphatic carbocycles. The molecular formula is C7H13N5O2. The Morgan fingerprint density at radius 1 is 1.71 bits per heavy atom. The molecule has 0 atom stereocenters. The summed E-state index contributed by atoms with van der Waals surface area (Å²) in [5.74, 6) is 0.271. The monoisotopic (exact) mass is 199 g/mol. The van der Waals surface area contributed by atoms with E-state index in [0.717, 1.165) is 0 Å². The Bertz CT molecular complexity index is 311. The molecule has 7 heteroatoms. The zero-order valence-corrected chi connectivity index (χ0v) is 8.37. The molecule has 78 valence electrons. The van der Waals surface area contributed by atoms with Crippen LogP contribution in [0, 0.1) is 0 Å². The Labute approximate surface area is 81.5 Å². The summed E-state index contributed by atoms with van der Waals surface area (Å²) in [6.45, 7) is 2.50. The van der Waals surface area contributed by atoms with Gasteiger partial charge in [0.25, 0.3) is 0 Å². The van der Waals surface area contributed by atoms with E-state index in [9.17, 15) is 4.79 Å². The number of H-pyrrole nitrogens is 1. The summed E-state index contributed by atoms with van der Waals surface area (Å²) in [7, 11) is 3.13. The largest absolute Gasteiger partial charge is 0.466 e. The predicted molar refractivity (Wildman–Crippen MR) is 50.3 cm³/mol. The maximum absolute atomic E-state index is 11.3. The first-order chi connectivity index (χ1) is 6.67. The highest BCUT2D eigenvalue weighted by Crippen LogP contribution is 2.04. The van der Waals surface area contributed by atoms with Crippen molar-refractivity contribution in [3.05, 3.63) is 0 Å². The lowest BCUT2D eigenvalue weighted by Crippen LogP contribution is -2.31. The molecule has 0 aliphatic rings. The van der Waals surface area contributed by atoms with E-state index in [-0.39, 0.29) is 18.0 Å². The standard InChI is InChI=1S/C7H13N5O2/c1-4-12(2)7(13)9-5-8-6(14-3)11-10-5/h4H2,1-3H3,(H2,8,9,10,11,13). The average molecular weight is 199 g/mol. The third-order valence-corrected chi connectivity index (χ3v) is 1.69. The van der Waals surface area contributed by atoms with Gasteiger partial charge in [0, 0.05) is 13.6 Å². The summed E-state index contributed by atoms with van der Waals surface area (Å²) in [5.41, 5.74) is 0. The number of carbonyl (C=O) groups is 1. The van der Waals surface area contributed by atoms with Gasteiger partial charge in [0.15, 0.2) is 0 Å². The highest BCUT2D eigenvalue weighted by molar-refractivity contribution is 5.87. The Balaban J connectivity index is 2.56. The minimum atomic E-state index is -0.244. The van der Waals surface area contributed by atoms with Crippen LogP contribution in [0.2, 0.25) is 0 Å². The zero-order chi connectivity index (χ0) is 10.6. The first-order valence-electron chi connectivity index (χ1n) is 4.16. The van der Waals surface area contributed by atoms with Crippen molar-refractivity contribution in [2.45, 2.75) is 6.92 Å². The molecule has 0 saturated carbocycles. The molecular weight excluding hydrogens is 186 g/mol. The molecule has 0 radical (unpaired) electrons. The number of nitrogens with one attached hydrogen (secondary N) is 2. The highest BCUT2D eigenvalue weighted by Gasteiger charge is 2.09. The zero-order valence-electron chi connectivity index (χ0n) is 8.37. The van der Waals surface area contributed by atoms with Gasteiger partial charge in [0.2, 0.25) is 5.95 Å². The molecule has 0 fully saturated rings. The molecule has 2 N–H and O–H groups in total. The molecule has 0 unspecified atom stereocenters. The highest BCUT2D eigenvalue weighted by atomic mass is 16.5. The van der Waals surface area contributed by atoms with E-state index in [0.29, 0.717) is 6.54 Å². The summed E-state index contributed by atoms with van der Waals surface area (Å²) in [5, 5.41) is 8.73. The summed E-state index contributed by atoms with van der Waals surface area (Å²) in [6, 6.07) is -0.0502. The van der Waals surface area contributed by atoms with Gasteiger partial charge in [-0.2, -0.15) is 4.98 Å². The van der Waals surface area contributed by atoms with Crippen molar-refractivity contribution in [3.63, 3.8) is 0 Å². The Morgan fingerprint density at radius 3 is 2.93 bits per heavy atom. The van der Waals surface area contributed by atoms with E-state index in [1.165, 1.54) is 12.0 Å². The second-order valence-corrected chi connectivity index (χ2v) is 2.62. The van der Waals surface area contributed by atoms with Crippen LogP contribution < -0.4 is 10.1 Å². The third-order valence-electron chi connectivity index (χ3n) is 1.69. The fourth-order valence-electron chi connectivity index (χ4n) is 0.734. The van der Waals surface area contributed by atoms with E-state index < -0.39 is 0 Å². The predicted octanol–water partition coefficient (Wildman–Crippen LogP) is 0.297. The number of nitrogens with zero attached hydrogens (tertiary/aromatic N) is 3. The van der Waals surface area contributed by atoms with Crippen LogP contribution in [0.1, 0.15) is 6.92 Å². The van der Waals surface area contributed by atoms with Crippen LogP contribution in [0.4, 0.5) is 10.7 Å². The van der Waals surface area contributed by atoms with Gasteiger partial charge < -0.3 is 9.64 Å². The minimum Gasteiger partial charge on any atom is -0.466 e. The van der Waals surface area contributed by atoms with Crippen LogP contribution in [-0.2, 0) is 0 Å². The van der Waals surface area contributed by atoms with Gasteiger partial charge >= 0.3 is 12.0 Å². The molecule has 0 bridgehead atoms. The van der Waals surface area contributed by atoms with Gasteiger partial charge in [-0.15, -0.1) is 5.10 Å². The van der Waals surface area contributed by atoms with Gasteiger partial charge in [-0.05, 0) is 6.92 Å². The first-order valence-corrected chi connectivity index (χ1v) is 4.16. The molecule has 14 heavy (non-hydrogen) atoms. The first kappa shape index (κ1) is 10.3. The molecule has 1 aromatic heterocycles. The second kappa shape index (κ2) is 4.45. The summed E-state index contributed by atoms with van der Waals surface area (Å²) >= 11 is 0. The number of amides is 2. The Hall–Kier alpha value is -1.79. The quantitative estimate of drug-likeness (QED) is 0.733. The van der Waals surface area contributed by atoms with Gasteiger partial charge in [0.1, 0.15) is 0 Å². The van der Waals surface area contributed by atoms with Crippen LogP contribution in [-0.4, -0.2) is 46.8 Å². The number of aromatic amines is 1. The number of aromatic nitrogens is 3. The molecule has 0 spiro atoms. The normalized spacial score (nSPS) is 9.64.